The van der Waals surface area contributed by atoms with Crippen molar-refractivity contribution in [2.75, 3.05) is 25.0 Å². The van der Waals surface area contributed by atoms with Crippen molar-refractivity contribution in [3.8, 4) is 6.07 Å². The SMILES string of the molecule is N#CC1CN(S(=O)(=O)N2[C@@H]3CCC[C@H]2CC(Nc2nc(N=C(N)/C=C(\N)CO)cc4ncccc24)C3)C1. The van der Waals surface area contributed by atoms with E-state index in [1.807, 2.05) is 12.1 Å². The second-order valence-electron chi connectivity index (χ2n) is 9.85. The third-order valence-corrected chi connectivity index (χ3v) is 9.30. The Morgan fingerprint density at radius 2 is 2.03 bits per heavy atom. The van der Waals surface area contributed by atoms with Crippen LogP contribution in [0.3, 0.4) is 0 Å². The number of anilines is 1. The first-order valence-electron chi connectivity index (χ1n) is 12.4. The van der Waals surface area contributed by atoms with Crippen molar-refractivity contribution in [1.82, 2.24) is 18.6 Å². The lowest BCUT2D eigenvalue weighted by atomic mass is 9.84. The number of amidine groups is 1. The standard InChI is InChI=1S/C24H31N9O3S/c25-11-15-12-32(13-15)37(35,36)33-18-3-1-4-19(33)9-17(8-18)29-24-20-5-2-6-28-21(20)10-23(31-24)30-22(27)7-16(26)14-34/h2,5-7,10,15,17-19,34H,1,3-4,8-9,12-14,26H2,(H3,27,29,30,31)/b16-7-/t17?,18-,19+. The zero-order valence-corrected chi connectivity index (χ0v) is 21.2. The molecule has 0 spiro atoms. The molecule has 5 heterocycles. The van der Waals surface area contributed by atoms with Gasteiger partial charge in [0, 0.05) is 60.6 Å². The minimum atomic E-state index is -3.59. The maximum atomic E-state index is 13.4. The van der Waals surface area contributed by atoms with Crippen LogP contribution in [0.15, 0.2) is 41.2 Å². The van der Waals surface area contributed by atoms with E-state index in [4.69, 9.17) is 21.8 Å². The monoisotopic (exact) mass is 525 g/mol. The van der Waals surface area contributed by atoms with Gasteiger partial charge in [0.1, 0.15) is 11.7 Å². The van der Waals surface area contributed by atoms with Gasteiger partial charge in [-0.25, -0.2) is 9.98 Å². The predicted molar refractivity (Wildman–Crippen MR) is 140 cm³/mol. The van der Waals surface area contributed by atoms with Crippen LogP contribution in [-0.4, -0.2) is 75.8 Å². The number of pyridine rings is 2. The van der Waals surface area contributed by atoms with Gasteiger partial charge in [-0.2, -0.15) is 22.3 Å². The molecule has 0 radical (unpaired) electrons. The van der Waals surface area contributed by atoms with Crippen LogP contribution in [0.25, 0.3) is 10.9 Å². The summed E-state index contributed by atoms with van der Waals surface area (Å²) in [5.41, 5.74) is 12.5. The highest BCUT2D eigenvalue weighted by atomic mass is 32.2. The summed E-state index contributed by atoms with van der Waals surface area (Å²) in [6, 6.07) is 7.44. The molecule has 3 aliphatic rings. The Labute approximate surface area is 215 Å². The van der Waals surface area contributed by atoms with Crippen LogP contribution in [0.4, 0.5) is 11.6 Å². The number of aliphatic hydroxyl groups excluding tert-OH is 1. The first-order chi connectivity index (χ1) is 17.8. The minimum Gasteiger partial charge on any atom is -0.400 e. The van der Waals surface area contributed by atoms with Gasteiger partial charge in [0.25, 0.3) is 10.2 Å². The third kappa shape index (κ3) is 5.10. The molecule has 6 N–H and O–H groups in total. The maximum absolute atomic E-state index is 13.4. The quantitative estimate of drug-likeness (QED) is 0.301. The molecule has 12 nitrogen and oxygen atoms in total. The summed E-state index contributed by atoms with van der Waals surface area (Å²) in [7, 11) is -3.59. The number of nitrogens with zero attached hydrogens (tertiary/aromatic N) is 6. The molecule has 3 aliphatic heterocycles. The fraction of sp³-hybridized carbons (Fsp3) is 0.500. The predicted octanol–water partition coefficient (Wildman–Crippen LogP) is 0.951. The Hall–Kier alpha value is -3.31. The molecule has 3 fully saturated rings. The van der Waals surface area contributed by atoms with Gasteiger partial charge < -0.3 is 21.9 Å². The summed E-state index contributed by atoms with van der Waals surface area (Å²) in [6.07, 6.45) is 6.98. The average molecular weight is 526 g/mol. The number of nitrogens with one attached hydrogen (secondary N) is 1. The number of aliphatic imine (C=N–C) groups is 1. The Kier molecular flexibility index (Phi) is 7.00. The first-order valence-corrected chi connectivity index (χ1v) is 13.8. The molecular weight excluding hydrogens is 494 g/mol. The Balaban J connectivity index is 1.39. The lowest BCUT2D eigenvalue weighted by molar-refractivity contribution is 0.0984. The first kappa shape index (κ1) is 25.3. The van der Waals surface area contributed by atoms with E-state index in [1.165, 1.54) is 10.4 Å². The van der Waals surface area contributed by atoms with Crippen LogP contribution in [-0.2, 0) is 10.2 Å². The molecule has 2 bridgehead atoms. The number of rotatable bonds is 7. The Morgan fingerprint density at radius 3 is 2.70 bits per heavy atom. The molecule has 37 heavy (non-hydrogen) atoms. The van der Waals surface area contributed by atoms with E-state index in [1.54, 1.807) is 16.6 Å². The van der Waals surface area contributed by atoms with E-state index in [9.17, 15) is 8.42 Å². The summed E-state index contributed by atoms with van der Waals surface area (Å²) >= 11 is 0. The molecule has 0 aliphatic carbocycles. The molecule has 3 saturated heterocycles. The number of aromatic nitrogens is 2. The van der Waals surface area contributed by atoms with Crippen LogP contribution in [0, 0.1) is 17.2 Å². The number of hydrogen-bond donors (Lipinski definition) is 4. The molecule has 0 aromatic carbocycles. The second kappa shape index (κ2) is 10.2. The van der Waals surface area contributed by atoms with Crippen LogP contribution in [0.1, 0.15) is 32.1 Å². The number of piperidine rings is 2. The highest BCUT2D eigenvalue weighted by molar-refractivity contribution is 7.86. The maximum Gasteiger partial charge on any atom is 0.282 e. The normalized spacial score (nSPS) is 26.0. The summed E-state index contributed by atoms with van der Waals surface area (Å²) in [5.74, 6) is 0.841. The van der Waals surface area contributed by atoms with Crippen molar-refractivity contribution >= 4 is 38.6 Å². The van der Waals surface area contributed by atoms with Crippen LogP contribution >= 0.6 is 0 Å². The van der Waals surface area contributed by atoms with E-state index in [0.29, 0.717) is 30.0 Å². The molecule has 196 valence electrons. The highest BCUT2D eigenvalue weighted by Crippen LogP contribution is 2.39. The molecule has 5 rings (SSSR count). The minimum absolute atomic E-state index is 0.0161. The van der Waals surface area contributed by atoms with E-state index >= 15 is 0 Å². The zero-order valence-electron chi connectivity index (χ0n) is 20.4. The van der Waals surface area contributed by atoms with Crippen molar-refractivity contribution in [2.45, 2.75) is 50.2 Å². The van der Waals surface area contributed by atoms with Gasteiger partial charge in [0.15, 0.2) is 5.82 Å². The van der Waals surface area contributed by atoms with Gasteiger partial charge in [-0.3, -0.25) is 4.98 Å². The van der Waals surface area contributed by atoms with Crippen molar-refractivity contribution in [3.05, 3.63) is 36.2 Å². The Bertz CT molecular complexity index is 1370. The van der Waals surface area contributed by atoms with Crippen LogP contribution in [0.2, 0.25) is 0 Å². The summed E-state index contributed by atoms with van der Waals surface area (Å²) in [5, 5.41) is 22.6. The second-order valence-corrected chi connectivity index (χ2v) is 11.7. The largest absolute Gasteiger partial charge is 0.400 e. The van der Waals surface area contributed by atoms with Crippen molar-refractivity contribution < 1.29 is 13.5 Å². The zero-order chi connectivity index (χ0) is 26.2. The lowest BCUT2D eigenvalue weighted by Crippen LogP contribution is -2.63. The molecular formula is C24H31N9O3S. The van der Waals surface area contributed by atoms with E-state index in [0.717, 1.165) is 24.6 Å². The topological polar surface area (TPSA) is 187 Å². The van der Waals surface area contributed by atoms with Crippen LogP contribution < -0.4 is 16.8 Å². The molecule has 13 heteroatoms. The number of aliphatic hydroxyl groups is 1. The number of fused-ring (bicyclic) bond motifs is 3. The van der Waals surface area contributed by atoms with Gasteiger partial charge in [-0.05, 0) is 37.8 Å². The molecule has 0 amide bonds. The van der Waals surface area contributed by atoms with Gasteiger partial charge in [-0.15, -0.1) is 0 Å². The summed E-state index contributed by atoms with van der Waals surface area (Å²) in [6.45, 7) is 0.215. The number of hydrogen-bond acceptors (Lipinski definition) is 9. The van der Waals surface area contributed by atoms with E-state index < -0.39 is 10.2 Å². The molecule has 2 aromatic heterocycles. The van der Waals surface area contributed by atoms with Gasteiger partial charge in [-0.1, -0.05) is 6.42 Å². The summed E-state index contributed by atoms with van der Waals surface area (Å²) in [4.78, 5) is 13.4. The number of nitriles is 1. The van der Waals surface area contributed by atoms with Crippen LogP contribution in [0.5, 0.6) is 0 Å². The van der Waals surface area contributed by atoms with Gasteiger partial charge >= 0.3 is 0 Å². The molecule has 3 atom stereocenters. The van der Waals surface area contributed by atoms with Gasteiger partial charge in [0.05, 0.1) is 24.1 Å². The van der Waals surface area contributed by atoms with Crippen molar-refractivity contribution in [3.63, 3.8) is 0 Å². The number of nitrogens with two attached hydrogens (primary N) is 2. The highest BCUT2D eigenvalue weighted by Gasteiger charge is 2.49. The van der Waals surface area contributed by atoms with Crippen molar-refractivity contribution in [1.29, 1.82) is 5.26 Å². The molecule has 2 aromatic rings. The third-order valence-electron chi connectivity index (χ3n) is 7.22. The van der Waals surface area contributed by atoms with Gasteiger partial charge in [0.2, 0.25) is 0 Å². The smallest absolute Gasteiger partial charge is 0.282 e. The molecule has 1 unspecified atom stereocenters. The average Bonchev–Trinajstić information content (AvgIpc) is 2.82. The van der Waals surface area contributed by atoms with Crippen molar-refractivity contribution in [2.24, 2.45) is 22.4 Å². The molecule has 0 saturated carbocycles. The fourth-order valence-corrected chi connectivity index (χ4v) is 7.64. The lowest BCUT2D eigenvalue weighted by Gasteiger charge is -2.50. The fourth-order valence-electron chi connectivity index (χ4n) is 5.50. The van der Waals surface area contributed by atoms with E-state index in [-0.39, 0.29) is 55.3 Å². The summed E-state index contributed by atoms with van der Waals surface area (Å²) < 4.78 is 29.9. The Morgan fingerprint density at radius 1 is 1.30 bits per heavy atom. The van der Waals surface area contributed by atoms with E-state index in [2.05, 4.69) is 26.3 Å².